The van der Waals surface area contributed by atoms with E-state index in [0.29, 0.717) is 0 Å². The molecule has 2 heterocycles. The second-order valence-electron chi connectivity index (χ2n) is 5.44. The van der Waals surface area contributed by atoms with Gasteiger partial charge in [0.2, 0.25) is 0 Å². The molecule has 0 amide bonds. The fourth-order valence-corrected chi connectivity index (χ4v) is 3.56. The fraction of sp³-hybridized carbons (Fsp3) is 0.714. The van der Waals surface area contributed by atoms with Crippen molar-refractivity contribution < 1.29 is 9.84 Å². The van der Waals surface area contributed by atoms with E-state index in [1.165, 1.54) is 12.8 Å². The zero-order valence-electron chi connectivity index (χ0n) is 10.8. The van der Waals surface area contributed by atoms with Crippen molar-refractivity contribution in [2.75, 3.05) is 26.3 Å². The summed E-state index contributed by atoms with van der Waals surface area (Å²) in [5.74, 6) is 0. The summed E-state index contributed by atoms with van der Waals surface area (Å²) in [6.45, 7) is 3.47. The standard InChI is InChI=1S/C14H22N2O2/c17-13(12-4-3-7-15-12)14(5-1-2-6-14)16-8-10-18-11-9-16/h3-4,7,13,15,17H,1-2,5-6,8-11H2. The number of aliphatic hydroxyl groups is 1. The van der Waals surface area contributed by atoms with Gasteiger partial charge in [-0.1, -0.05) is 12.8 Å². The number of aromatic amines is 1. The van der Waals surface area contributed by atoms with Gasteiger partial charge in [-0.05, 0) is 25.0 Å². The van der Waals surface area contributed by atoms with Crippen molar-refractivity contribution in [3.05, 3.63) is 24.0 Å². The highest BCUT2D eigenvalue weighted by Crippen LogP contribution is 2.44. The Bertz CT molecular complexity index is 365. The monoisotopic (exact) mass is 250 g/mol. The van der Waals surface area contributed by atoms with E-state index in [-0.39, 0.29) is 5.54 Å². The molecule has 1 unspecified atom stereocenters. The van der Waals surface area contributed by atoms with Crippen molar-refractivity contribution in [3.8, 4) is 0 Å². The molecule has 4 heteroatoms. The molecular weight excluding hydrogens is 228 g/mol. The lowest BCUT2D eigenvalue weighted by Crippen LogP contribution is -2.55. The van der Waals surface area contributed by atoms with E-state index in [2.05, 4.69) is 9.88 Å². The first-order valence-electron chi connectivity index (χ1n) is 6.97. The van der Waals surface area contributed by atoms with Crippen LogP contribution in [0, 0.1) is 0 Å². The molecule has 1 aliphatic heterocycles. The van der Waals surface area contributed by atoms with E-state index in [1.54, 1.807) is 0 Å². The number of hydrogen-bond donors (Lipinski definition) is 2. The first kappa shape index (κ1) is 12.2. The maximum absolute atomic E-state index is 10.8. The number of aliphatic hydroxyl groups excluding tert-OH is 1. The van der Waals surface area contributed by atoms with Crippen LogP contribution in [-0.2, 0) is 4.74 Å². The van der Waals surface area contributed by atoms with Crippen molar-refractivity contribution in [3.63, 3.8) is 0 Å². The lowest BCUT2D eigenvalue weighted by molar-refractivity contribution is -0.0785. The molecule has 1 aliphatic carbocycles. The summed E-state index contributed by atoms with van der Waals surface area (Å²) < 4.78 is 5.44. The Hall–Kier alpha value is -0.840. The third kappa shape index (κ3) is 1.98. The Morgan fingerprint density at radius 1 is 1.28 bits per heavy atom. The summed E-state index contributed by atoms with van der Waals surface area (Å²) in [6.07, 6.45) is 6.10. The quantitative estimate of drug-likeness (QED) is 0.858. The zero-order chi connectivity index (χ0) is 12.4. The van der Waals surface area contributed by atoms with Crippen LogP contribution in [0.25, 0.3) is 0 Å². The molecule has 0 spiro atoms. The lowest BCUT2D eigenvalue weighted by atomic mass is 9.86. The van der Waals surface area contributed by atoms with Gasteiger partial charge in [-0.3, -0.25) is 4.90 Å². The minimum atomic E-state index is -0.409. The molecule has 0 radical (unpaired) electrons. The van der Waals surface area contributed by atoms with Crippen LogP contribution in [-0.4, -0.2) is 46.8 Å². The summed E-state index contributed by atoms with van der Waals surface area (Å²) >= 11 is 0. The van der Waals surface area contributed by atoms with Gasteiger partial charge < -0.3 is 14.8 Å². The van der Waals surface area contributed by atoms with Gasteiger partial charge in [0.05, 0.1) is 18.8 Å². The lowest BCUT2D eigenvalue weighted by Gasteiger charge is -2.46. The van der Waals surface area contributed by atoms with E-state index in [9.17, 15) is 5.11 Å². The largest absolute Gasteiger partial charge is 0.385 e. The second-order valence-corrected chi connectivity index (χ2v) is 5.44. The van der Waals surface area contributed by atoms with Gasteiger partial charge in [-0.25, -0.2) is 0 Å². The topological polar surface area (TPSA) is 48.5 Å². The smallest absolute Gasteiger partial charge is 0.112 e. The van der Waals surface area contributed by atoms with Crippen LogP contribution in [0.4, 0.5) is 0 Å². The van der Waals surface area contributed by atoms with E-state index in [0.717, 1.165) is 44.8 Å². The average Bonchev–Trinajstić information content (AvgIpc) is 3.11. The third-order valence-electron chi connectivity index (χ3n) is 4.54. The number of morpholine rings is 1. The second kappa shape index (κ2) is 5.03. The molecule has 18 heavy (non-hydrogen) atoms. The van der Waals surface area contributed by atoms with Gasteiger partial charge in [-0.15, -0.1) is 0 Å². The van der Waals surface area contributed by atoms with Crippen LogP contribution in [0.2, 0.25) is 0 Å². The predicted octanol–water partition coefficient (Wildman–Crippen LogP) is 1.69. The van der Waals surface area contributed by atoms with E-state index in [1.807, 2.05) is 18.3 Å². The maximum Gasteiger partial charge on any atom is 0.112 e. The Balaban J connectivity index is 1.86. The van der Waals surface area contributed by atoms with Crippen molar-refractivity contribution in [1.29, 1.82) is 0 Å². The van der Waals surface area contributed by atoms with E-state index < -0.39 is 6.10 Å². The molecule has 0 bridgehead atoms. The summed E-state index contributed by atoms with van der Waals surface area (Å²) in [5, 5.41) is 10.8. The first-order chi connectivity index (χ1) is 8.83. The maximum atomic E-state index is 10.8. The Morgan fingerprint density at radius 2 is 2.00 bits per heavy atom. The molecule has 1 aromatic heterocycles. The fourth-order valence-electron chi connectivity index (χ4n) is 3.56. The molecule has 2 fully saturated rings. The Labute approximate surface area is 108 Å². The predicted molar refractivity (Wildman–Crippen MR) is 69.3 cm³/mol. The molecule has 2 N–H and O–H groups in total. The number of hydrogen-bond acceptors (Lipinski definition) is 3. The minimum Gasteiger partial charge on any atom is -0.385 e. The zero-order valence-corrected chi connectivity index (χ0v) is 10.8. The van der Waals surface area contributed by atoms with Crippen molar-refractivity contribution in [1.82, 2.24) is 9.88 Å². The molecule has 1 aromatic rings. The van der Waals surface area contributed by atoms with Crippen LogP contribution >= 0.6 is 0 Å². The van der Waals surface area contributed by atoms with Crippen molar-refractivity contribution >= 4 is 0 Å². The van der Waals surface area contributed by atoms with Crippen molar-refractivity contribution in [2.24, 2.45) is 0 Å². The molecule has 4 nitrogen and oxygen atoms in total. The molecule has 3 rings (SSSR count). The first-order valence-corrected chi connectivity index (χ1v) is 6.97. The van der Waals surface area contributed by atoms with Crippen LogP contribution < -0.4 is 0 Å². The third-order valence-corrected chi connectivity index (χ3v) is 4.54. The van der Waals surface area contributed by atoms with Crippen LogP contribution in [0.15, 0.2) is 18.3 Å². The highest BCUT2D eigenvalue weighted by Gasteiger charge is 2.46. The summed E-state index contributed by atoms with van der Waals surface area (Å²) in [4.78, 5) is 5.62. The molecular formula is C14H22N2O2. The number of ether oxygens (including phenoxy) is 1. The SMILES string of the molecule is OC(c1ccc[nH]1)C1(N2CCOCC2)CCCC1. The van der Waals surface area contributed by atoms with Gasteiger partial charge in [0.1, 0.15) is 6.10 Å². The Kier molecular flexibility index (Phi) is 3.41. The molecule has 0 aromatic carbocycles. The number of nitrogens with one attached hydrogen (secondary N) is 1. The highest BCUT2D eigenvalue weighted by molar-refractivity contribution is 5.15. The van der Waals surface area contributed by atoms with Crippen molar-refractivity contribution in [2.45, 2.75) is 37.3 Å². The number of aromatic nitrogens is 1. The summed E-state index contributed by atoms with van der Waals surface area (Å²) in [7, 11) is 0. The molecule has 1 atom stereocenters. The van der Waals surface area contributed by atoms with Crippen LogP contribution in [0.1, 0.15) is 37.5 Å². The molecule has 100 valence electrons. The molecule has 1 saturated carbocycles. The van der Waals surface area contributed by atoms with Crippen LogP contribution in [0.3, 0.4) is 0 Å². The van der Waals surface area contributed by atoms with Crippen LogP contribution in [0.5, 0.6) is 0 Å². The van der Waals surface area contributed by atoms with Gasteiger partial charge >= 0.3 is 0 Å². The summed E-state index contributed by atoms with van der Waals surface area (Å²) in [6, 6.07) is 3.95. The summed E-state index contributed by atoms with van der Waals surface area (Å²) in [5.41, 5.74) is 0.873. The normalized spacial score (nSPS) is 26.3. The van der Waals surface area contributed by atoms with Gasteiger partial charge in [0.25, 0.3) is 0 Å². The number of rotatable bonds is 3. The highest BCUT2D eigenvalue weighted by atomic mass is 16.5. The van der Waals surface area contributed by atoms with Gasteiger partial charge in [-0.2, -0.15) is 0 Å². The average molecular weight is 250 g/mol. The van der Waals surface area contributed by atoms with E-state index >= 15 is 0 Å². The van der Waals surface area contributed by atoms with E-state index in [4.69, 9.17) is 4.74 Å². The molecule has 1 saturated heterocycles. The molecule has 2 aliphatic rings. The van der Waals surface area contributed by atoms with Gasteiger partial charge in [0, 0.05) is 25.0 Å². The van der Waals surface area contributed by atoms with Gasteiger partial charge in [0.15, 0.2) is 0 Å². The number of nitrogens with zero attached hydrogens (tertiary/aromatic N) is 1. The number of H-pyrrole nitrogens is 1. The minimum absolute atomic E-state index is 0.0748. The Morgan fingerprint density at radius 3 is 2.61 bits per heavy atom.